The molecule has 1 saturated heterocycles. The van der Waals surface area contributed by atoms with E-state index in [1.54, 1.807) is 0 Å². The average molecular weight is 431 g/mol. The Bertz CT molecular complexity index is 841. The molecule has 12 heteroatoms. The van der Waals surface area contributed by atoms with Gasteiger partial charge in [0.1, 0.15) is 5.60 Å². The molecule has 3 atom stereocenters. The molecule has 1 aliphatic heterocycles. The summed E-state index contributed by atoms with van der Waals surface area (Å²) >= 11 is 7.13. The third-order valence-electron chi connectivity index (χ3n) is 4.65. The highest BCUT2D eigenvalue weighted by atomic mass is 35.5. The van der Waals surface area contributed by atoms with Gasteiger partial charge in [0.25, 0.3) is 5.91 Å². The fourth-order valence-electron chi connectivity index (χ4n) is 2.87. The smallest absolute Gasteiger partial charge is 0.287 e. The number of β-amino-alcohol motifs (C(OH)–C–C–N with tert-alkyl or cyclic N) is 1. The Morgan fingerprint density at radius 3 is 2.86 bits per heavy atom. The molecule has 0 aliphatic carbocycles. The number of aromatic amines is 1. The number of hydrogen-bond donors (Lipinski definition) is 5. The summed E-state index contributed by atoms with van der Waals surface area (Å²) in [5.74, 6) is -0.298. The van der Waals surface area contributed by atoms with Crippen LogP contribution >= 0.6 is 22.9 Å². The van der Waals surface area contributed by atoms with Gasteiger partial charge >= 0.3 is 0 Å². The number of nitrogens with zero attached hydrogens (tertiary/aromatic N) is 4. The molecule has 5 N–H and O–H groups in total. The predicted molar refractivity (Wildman–Crippen MR) is 104 cm³/mol. The van der Waals surface area contributed by atoms with Crippen molar-refractivity contribution in [2.45, 2.75) is 44.4 Å². The lowest BCUT2D eigenvalue weighted by Gasteiger charge is -2.35. The van der Waals surface area contributed by atoms with Crippen LogP contribution in [0.25, 0.3) is 0 Å². The molecule has 3 heterocycles. The molecule has 0 saturated carbocycles. The Morgan fingerprint density at radius 2 is 2.25 bits per heavy atom. The molecule has 10 nitrogen and oxygen atoms in total. The van der Waals surface area contributed by atoms with Gasteiger partial charge in [0, 0.05) is 13.1 Å². The zero-order valence-corrected chi connectivity index (χ0v) is 17.1. The quantitative estimate of drug-likeness (QED) is 0.431. The highest BCUT2D eigenvalue weighted by Crippen LogP contribution is 2.30. The van der Waals surface area contributed by atoms with E-state index >= 15 is 0 Å². The predicted octanol–water partition coefficient (Wildman–Crippen LogP) is 0.0464. The van der Waals surface area contributed by atoms with E-state index in [0.717, 1.165) is 11.3 Å². The first-order valence-corrected chi connectivity index (χ1v) is 10.1. The molecule has 2 aromatic heterocycles. The second-order valence-electron chi connectivity index (χ2n) is 6.91. The van der Waals surface area contributed by atoms with Crippen molar-refractivity contribution in [2.24, 2.45) is 0 Å². The maximum Gasteiger partial charge on any atom is 0.287 e. The lowest BCUT2D eigenvalue weighted by molar-refractivity contribution is -0.00294. The molecule has 1 amide bonds. The molecule has 28 heavy (non-hydrogen) atoms. The summed E-state index contributed by atoms with van der Waals surface area (Å²) in [7, 11) is 0. The van der Waals surface area contributed by atoms with Crippen molar-refractivity contribution >= 4 is 34.0 Å². The number of carbonyl (C=O) groups is 1. The van der Waals surface area contributed by atoms with Gasteiger partial charge in [0.05, 0.1) is 24.4 Å². The SMILES string of the molecule is CCc1[nH]c(C(=O)NC2CCN(c3nnc(C(C)(O)CO)s3)CC2O)nc1Cl. The number of aliphatic hydroxyl groups excluding tert-OH is 2. The van der Waals surface area contributed by atoms with Crippen molar-refractivity contribution in [1.82, 2.24) is 25.5 Å². The Kier molecular flexibility index (Phi) is 6.20. The number of carbonyl (C=O) groups excluding carboxylic acids is 1. The van der Waals surface area contributed by atoms with Gasteiger partial charge in [-0.3, -0.25) is 4.79 Å². The lowest BCUT2D eigenvalue weighted by atomic mass is 10.0. The highest BCUT2D eigenvalue weighted by molar-refractivity contribution is 7.15. The van der Waals surface area contributed by atoms with Crippen LogP contribution in [-0.4, -0.2) is 73.2 Å². The summed E-state index contributed by atoms with van der Waals surface area (Å²) in [5, 5.41) is 41.6. The zero-order valence-electron chi connectivity index (χ0n) is 15.5. The summed E-state index contributed by atoms with van der Waals surface area (Å²) < 4.78 is 0. The number of amides is 1. The molecule has 1 fully saturated rings. The maximum absolute atomic E-state index is 12.4. The number of rotatable bonds is 6. The minimum absolute atomic E-state index is 0.122. The molecule has 0 spiro atoms. The zero-order chi connectivity index (χ0) is 20.5. The Hall–Kier alpha value is -1.79. The van der Waals surface area contributed by atoms with E-state index in [9.17, 15) is 20.1 Å². The maximum atomic E-state index is 12.4. The summed E-state index contributed by atoms with van der Waals surface area (Å²) in [4.78, 5) is 21.1. The van der Waals surface area contributed by atoms with E-state index in [-0.39, 0.29) is 17.5 Å². The van der Waals surface area contributed by atoms with Gasteiger partial charge in [0.2, 0.25) is 5.13 Å². The summed E-state index contributed by atoms with van der Waals surface area (Å²) in [5.41, 5.74) is -0.768. The van der Waals surface area contributed by atoms with Crippen LogP contribution in [0.5, 0.6) is 0 Å². The first kappa shape index (κ1) is 20.9. The number of hydrogen-bond acceptors (Lipinski definition) is 9. The fourth-order valence-corrected chi connectivity index (χ4v) is 4.05. The van der Waals surface area contributed by atoms with Crippen LogP contribution in [-0.2, 0) is 12.0 Å². The standard InChI is InChI=1S/C16H23ClN6O4S/c1-3-8-11(17)20-12(18-8)13(26)19-9-4-5-23(6-10(9)25)15-22-21-14(28-15)16(2,27)7-24/h9-10,24-25,27H,3-7H2,1-2H3,(H,18,20)(H,19,26). The van der Waals surface area contributed by atoms with Crippen LogP contribution in [0.1, 0.15) is 41.6 Å². The van der Waals surface area contributed by atoms with Crippen LogP contribution < -0.4 is 10.2 Å². The topological polar surface area (TPSA) is 147 Å². The molecular weight excluding hydrogens is 408 g/mol. The number of imidazole rings is 1. The van der Waals surface area contributed by atoms with Gasteiger partial charge in [-0.15, -0.1) is 10.2 Å². The number of aromatic nitrogens is 4. The van der Waals surface area contributed by atoms with E-state index in [2.05, 4.69) is 25.5 Å². The largest absolute Gasteiger partial charge is 0.393 e. The number of halogens is 1. The van der Waals surface area contributed by atoms with E-state index in [0.29, 0.717) is 35.2 Å². The molecule has 0 bridgehead atoms. The van der Waals surface area contributed by atoms with Gasteiger partial charge < -0.3 is 30.5 Å². The number of piperidine rings is 1. The number of aliphatic hydroxyl groups is 3. The van der Waals surface area contributed by atoms with E-state index < -0.39 is 30.3 Å². The van der Waals surface area contributed by atoms with Crippen LogP contribution in [0.15, 0.2) is 0 Å². The Labute approximate surface area is 170 Å². The van der Waals surface area contributed by atoms with Crippen molar-refractivity contribution in [3.8, 4) is 0 Å². The first-order valence-electron chi connectivity index (χ1n) is 8.90. The molecule has 2 aromatic rings. The van der Waals surface area contributed by atoms with Gasteiger partial charge in [0.15, 0.2) is 16.0 Å². The molecular formula is C16H23ClN6O4S. The number of H-pyrrole nitrogens is 1. The Balaban J connectivity index is 1.61. The van der Waals surface area contributed by atoms with Crippen LogP contribution in [0.2, 0.25) is 5.15 Å². The number of aryl methyl sites for hydroxylation is 1. The van der Waals surface area contributed by atoms with Crippen molar-refractivity contribution in [3.63, 3.8) is 0 Å². The van der Waals surface area contributed by atoms with Crippen molar-refractivity contribution in [1.29, 1.82) is 0 Å². The molecule has 1 aliphatic rings. The molecule has 154 valence electrons. The van der Waals surface area contributed by atoms with Crippen molar-refractivity contribution in [2.75, 3.05) is 24.6 Å². The second-order valence-corrected chi connectivity index (χ2v) is 8.23. The van der Waals surface area contributed by atoms with Gasteiger partial charge in [-0.1, -0.05) is 29.9 Å². The minimum atomic E-state index is -1.46. The summed E-state index contributed by atoms with van der Waals surface area (Å²) in [6, 6.07) is -0.439. The van der Waals surface area contributed by atoms with E-state index in [1.165, 1.54) is 6.92 Å². The fraction of sp³-hybridized carbons (Fsp3) is 0.625. The molecule has 3 rings (SSSR count). The van der Waals surface area contributed by atoms with Crippen LogP contribution in [0.4, 0.5) is 5.13 Å². The van der Waals surface area contributed by atoms with Crippen LogP contribution in [0, 0.1) is 0 Å². The van der Waals surface area contributed by atoms with E-state index in [1.807, 2.05) is 11.8 Å². The van der Waals surface area contributed by atoms with Crippen molar-refractivity contribution < 1.29 is 20.1 Å². The first-order chi connectivity index (χ1) is 13.2. The Morgan fingerprint density at radius 1 is 1.50 bits per heavy atom. The monoisotopic (exact) mass is 430 g/mol. The van der Waals surface area contributed by atoms with Crippen LogP contribution in [0.3, 0.4) is 0 Å². The van der Waals surface area contributed by atoms with Gasteiger partial charge in [-0.05, 0) is 19.8 Å². The van der Waals surface area contributed by atoms with Crippen molar-refractivity contribution in [3.05, 3.63) is 21.7 Å². The molecule has 0 radical (unpaired) electrons. The third kappa shape index (κ3) is 4.28. The summed E-state index contributed by atoms with van der Waals surface area (Å²) in [6.07, 6.45) is 0.305. The minimum Gasteiger partial charge on any atom is -0.393 e. The lowest BCUT2D eigenvalue weighted by Crippen LogP contribution is -2.54. The van der Waals surface area contributed by atoms with Gasteiger partial charge in [-0.25, -0.2) is 4.98 Å². The van der Waals surface area contributed by atoms with Gasteiger partial charge in [-0.2, -0.15) is 0 Å². The second kappa shape index (κ2) is 8.29. The number of anilines is 1. The number of nitrogens with one attached hydrogen (secondary N) is 2. The third-order valence-corrected chi connectivity index (χ3v) is 6.20. The highest BCUT2D eigenvalue weighted by Gasteiger charge is 2.33. The average Bonchev–Trinajstić information content (AvgIpc) is 3.30. The molecule has 3 unspecified atom stereocenters. The normalized spacial score (nSPS) is 22.1. The molecule has 0 aromatic carbocycles. The van der Waals surface area contributed by atoms with E-state index in [4.69, 9.17) is 11.6 Å². The summed E-state index contributed by atoms with van der Waals surface area (Å²) in [6.45, 7) is 3.68.